The number of hydrogen-bond acceptors (Lipinski definition) is 3. The predicted octanol–water partition coefficient (Wildman–Crippen LogP) is 4.40. The molecule has 21 heavy (non-hydrogen) atoms. The first-order chi connectivity index (χ1) is 9.88. The van der Waals surface area contributed by atoms with Crippen LogP contribution >= 0.6 is 27.5 Å². The van der Waals surface area contributed by atoms with E-state index in [2.05, 4.69) is 21.2 Å². The maximum atomic E-state index is 13.6. The number of amides is 1. The van der Waals surface area contributed by atoms with E-state index in [4.69, 9.17) is 11.6 Å². The van der Waals surface area contributed by atoms with E-state index >= 15 is 0 Å². The van der Waals surface area contributed by atoms with Gasteiger partial charge in [0.25, 0.3) is 11.6 Å². The smallest absolute Gasteiger partial charge is 0.271 e. The number of hydrogen-bond donors (Lipinski definition) is 1. The molecule has 108 valence electrons. The minimum Gasteiger partial charge on any atom is -0.319 e. The van der Waals surface area contributed by atoms with Crippen LogP contribution in [0.1, 0.15) is 10.4 Å². The second kappa shape index (κ2) is 6.19. The van der Waals surface area contributed by atoms with Crippen LogP contribution in [0.3, 0.4) is 0 Å². The molecule has 8 heteroatoms. The van der Waals surface area contributed by atoms with Gasteiger partial charge in [-0.2, -0.15) is 0 Å². The van der Waals surface area contributed by atoms with Crippen LogP contribution in [0.15, 0.2) is 40.9 Å². The van der Waals surface area contributed by atoms with E-state index in [1.165, 1.54) is 18.2 Å². The lowest BCUT2D eigenvalue weighted by molar-refractivity contribution is -0.384. The Kier molecular flexibility index (Phi) is 4.54. The Morgan fingerprint density at radius 1 is 1.29 bits per heavy atom. The van der Waals surface area contributed by atoms with E-state index < -0.39 is 16.6 Å². The molecular formula is C13H7BrClFN2O3. The van der Waals surface area contributed by atoms with Gasteiger partial charge in [-0.25, -0.2) is 4.39 Å². The van der Waals surface area contributed by atoms with E-state index in [9.17, 15) is 19.3 Å². The topological polar surface area (TPSA) is 72.2 Å². The monoisotopic (exact) mass is 372 g/mol. The highest BCUT2D eigenvalue weighted by molar-refractivity contribution is 9.10. The number of nitrogens with one attached hydrogen (secondary N) is 1. The molecule has 2 aromatic rings. The number of nitro benzene ring substituents is 1. The zero-order chi connectivity index (χ0) is 15.6. The Bertz CT molecular complexity index is 739. The molecule has 0 fully saturated rings. The van der Waals surface area contributed by atoms with Crippen LogP contribution in [-0.2, 0) is 0 Å². The van der Waals surface area contributed by atoms with Crippen molar-refractivity contribution in [2.45, 2.75) is 0 Å². The van der Waals surface area contributed by atoms with Crippen molar-refractivity contribution in [3.8, 4) is 0 Å². The summed E-state index contributed by atoms with van der Waals surface area (Å²) in [5.41, 5.74) is -0.358. The van der Waals surface area contributed by atoms with Gasteiger partial charge in [0, 0.05) is 21.6 Å². The molecule has 1 N–H and O–H groups in total. The van der Waals surface area contributed by atoms with Gasteiger partial charge in [0.1, 0.15) is 5.82 Å². The number of carbonyl (C=O) groups is 1. The molecule has 0 heterocycles. The fourth-order valence-corrected chi connectivity index (χ4v) is 2.45. The van der Waals surface area contributed by atoms with Crippen LogP contribution in [0.5, 0.6) is 0 Å². The average Bonchev–Trinajstić information content (AvgIpc) is 2.40. The summed E-state index contributed by atoms with van der Waals surface area (Å²) in [4.78, 5) is 22.0. The van der Waals surface area contributed by atoms with Crippen molar-refractivity contribution >= 4 is 44.8 Å². The molecule has 5 nitrogen and oxygen atoms in total. The standard InChI is InChI=1S/C13H7BrClFN2O3/c14-10-5-7(15)1-3-9(10)13(19)17-12-6-8(18(20)21)2-4-11(12)16/h1-6H,(H,17,19). The van der Waals surface area contributed by atoms with E-state index in [1.54, 1.807) is 0 Å². The lowest BCUT2D eigenvalue weighted by Crippen LogP contribution is -2.13. The SMILES string of the molecule is O=C(Nc1cc([N+](=O)[O-])ccc1F)c1ccc(Cl)cc1Br. The van der Waals surface area contributed by atoms with Crippen LogP contribution in [0, 0.1) is 15.9 Å². The first kappa shape index (κ1) is 15.4. The van der Waals surface area contributed by atoms with Gasteiger partial charge in [0.2, 0.25) is 0 Å². The molecule has 0 aliphatic carbocycles. The third-order valence-electron chi connectivity index (χ3n) is 2.58. The quantitative estimate of drug-likeness (QED) is 0.640. The normalized spacial score (nSPS) is 10.2. The summed E-state index contributed by atoms with van der Waals surface area (Å²) in [6, 6.07) is 7.37. The van der Waals surface area contributed by atoms with Crippen LogP contribution in [0.2, 0.25) is 5.02 Å². The number of carbonyl (C=O) groups excluding carboxylic acids is 1. The minimum absolute atomic E-state index is 0.227. The Hall–Kier alpha value is -1.99. The Morgan fingerprint density at radius 3 is 2.62 bits per heavy atom. The third kappa shape index (κ3) is 3.56. The van der Waals surface area contributed by atoms with Gasteiger partial charge in [-0.3, -0.25) is 14.9 Å². The van der Waals surface area contributed by atoms with Gasteiger partial charge in [-0.05, 0) is 40.2 Å². The third-order valence-corrected chi connectivity index (χ3v) is 3.48. The molecule has 0 saturated heterocycles. The summed E-state index contributed by atoms with van der Waals surface area (Å²) in [6.07, 6.45) is 0. The molecule has 2 rings (SSSR count). The van der Waals surface area contributed by atoms with Gasteiger partial charge in [0.15, 0.2) is 0 Å². The second-order valence-corrected chi connectivity index (χ2v) is 5.29. The highest BCUT2D eigenvalue weighted by Crippen LogP contribution is 2.25. The zero-order valence-corrected chi connectivity index (χ0v) is 12.6. The molecule has 0 aliphatic heterocycles. The maximum absolute atomic E-state index is 13.6. The number of halogens is 3. The van der Waals surface area contributed by atoms with Crippen LogP contribution in [-0.4, -0.2) is 10.8 Å². The lowest BCUT2D eigenvalue weighted by Gasteiger charge is -2.08. The van der Waals surface area contributed by atoms with Crippen LogP contribution < -0.4 is 5.32 Å². The van der Waals surface area contributed by atoms with Gasteiger partial charge in [-0.15, -0.1) is 0 Å². The van der Waals surface area contributed by atoms with Crippen molar-refractivity contribution in [2.24, 2.45) is 0 Å². The molecule has 0 bridgehead atoms. The van der Waals surface area contributed by atoms with Gasteiger partial charge >= 0.3 is 0 Å². The molecular weight excluding hydrogens is 367 g/mol. The van der Waals surface area contributed by atoms with Crippen molar-refractivity contribution in [1.29, 1.82) is 0 Å². The number of nitro groups is 1. The molecule has 0 aliphatic rings. The number of rotatable bonds is 3. The molecule has 0 radical (unpaired) electrons. The fourth-order valence-electron chi connectivity index (χ4n) is 1.59. The van der Waals surface area contributed by atoms with E-state index in [1.807, 2.05) is 0 Å². The summed E-state index contributed by atoms with van der Waals surface area (Å²) < 4.78 is 14.0. The summed E-state index contributed by atoms with van der Waals surface area (Å²) in [6.45, 7) is 0. The highest BCUT2D eigenvalue weighted by atomic mass is 79.9. The second-order valence-electron chi connectivity index (χ2n) is 4.00. The molecule has 0 saturated carbocycles. The minimum atomic E-state index is -0.765. The van der Waals surface area contributed by atoms with E-state index in [0.717, 1.165) is 18.2 Å². The summed E-state index contributed by atoms with van der Waals surface area (Å²) in [7, 11) is 0. The molecule has 0 aromatic heterocycles. The molecule has 0 spiro atoms. The lowest BCUT2D eigenvalue weighted by atomic mass is 10.2. The first-order valence-corrected chi connectivity index (χ1v) is 6.76. The molecule has 0 atom stereocenters. The Labute approximate surface area is 132 Å². The Balaban J connectivity index is 2.31. The van der Waals surface area contributed by atoms with Crippen LogP contribution in [0.25, 0.3) is 0 Å². The van der Waals surface area contributed by atoms with E-state index in [-0.39, 0.29) is 16.9 Å². The van der Waals surface area contributed by atoms with Crippen molar-refractivity contribution in [1.82, 2.24) is 0 Å². The number of anilines is 1. The number of nitrogens with zero attached hydrogens (tertiary/aromatic N) is 1. The summed E-state index contributed by atoms with van der Waals surface area (Å²) >= 11 is 8.94. The molecule has 0 unspecified atom stereocenters. The number of benzene rings is 2. The van der Waals surface area contributed by atoms with Gasteiger partial charge in [-0.1, -0.05) is 11.6 Å². The zero-order valence-electron chi connectivity index (χ0n) is 10.3. The molecule has 2 aromatic carbocycles. The van der Waals surface area contributed by atoms with Gasteiger partial charge < -0.3 is 5.32 Å². The maximum Gasteiger partial charge on any atom is 0.271 e. The first-order valence-electron chi connectivity index (χ1n) is 5.59. The van der Waals surface area contributed by atoms with Crippen molar-refractivity contribution in [3.05, 3.63) is 67.4 Å². The Morgan fingerprint density at radius 2 is 2.00 bits per heavy atom. The largest absolute Gasteiger partial charge is 0.319 e. The van der Waals surface area contributed by atoms with E-state index in [0.29, 0.717) is 9.50 Å². The number of non-ortho nitro benzene ring substituents is 1. The summed E-state index contributed by atoms with van der Waals surface area (Å²) in [5.74, 6) is -1.38. The van der Waals surface area contributed by atoms with Crippen molar-refractivity contribution in [3.63, 3.8) is 0 Å². The predicted molar refractivity (Wildman–Crippen MR) is 80.2 cm³/mol. The van der Waals surface area contributed by atoms with Crippen molar-refractivity contribution < 1.29 is 14.1 Å². The van der Waals surface area contributed by atoms with Crippen LogP contribution in [0.4, 0.5) is 15.8 Å². The average molecular weight is 374 g/mol. The summed E-state index contributed by atoms with van der Waals surface area (Å²) in [5, 5.41) is 13.4. The van der Waals surface area contributed by atoms with Crippen molar-refractivity contribution in [2.75, 3.05) is 5.32 Å². The highest BCUT2D eigenvalue weighted by Gasteiger charge is 2.15. The van der Waals surface area contributed by atoms with Gasteiger partial charge in [0.05, 0.1) is 16.2 Å². The molecule has 1 amide bonds. The fraction of sp³-hybridized carbons (Fsp3) is 0.